The molecule has 3 unspecified atom stereocenters. The van der Waals surface area contributed by atoms with Gasteiger partial charge < -0.3 is 14.8 Å². The lowest BCUT2D eigenvalue weighted by Crippen LogP contribution is -2.35. The van der Waals surface area contributed by atoms with E-state index < -0.39 is 15.2 Å². The van der Waals surface area contributed by atoms with Gasteiger partial charge in [-0.25, -0.2) is 0 Å². The summed E-state index contributed by atoms with van der Waals surface area (Å²) in [6.45, 7) is 1.88. The number of ether oxygens (including phenoxy) is 1. The van der Waals surface area contributed by atoms with Crippen LogP contribution in [0.5, 0.6) is 0 Å². The molecule has 5 nitrogen and oxygen atoms in total. The van der Waals surface area contributed by atoms with Crippen molar-refractivity contribution in [1.82, 2.24) is 10.0 Å². The number of rotatable bonds is 6. The molecule has 1 aliphatic rings. The van der Waals surface area contributed by atoms with Crippen molar-refractivity contribution in [1.29, 1.82) is 0 Å². The Balaban J connectivity index is 2.23. The molecule has 1 heterocycles. The third-order valence-electron chi connectivity index (χ3n) is 2.17. The lowest BCUT2D eigenvalue weighted by Gasteiger charge is -2.11. The van der Waals surface area contributed by atoms with E-state index in [1.54, 1.807) is 0 Å². The third kappa shape index (κ3) is 5.73. The lowest BCUT2D eigenvalue weighted by atomic mass is 10.1. The summed E-state index contributed by atoms with van der Waals surface area (Å²) >= 11 is 11.1. The fourth-order valence-electron chi connectivity index (χ4n) is 1.44. The Bertz CT molecular complexity index is 306. The van der Waals surface area contributed by atoms with Gasteiger partial charge in [-0.2, -0.15) is 0 Å². The molecule has 100 valence electrons. The molecule has 0 saturated carbocycles. The molecule has 2 amide bonds. The number of epoxide rings is 1. The maximum Gasteiger partial charge on any atom is 0.261 e. The van der Waals surface area contributed by atoms with Gasteiger partial charge in [0.1, 0.15) is 0 Å². The minimum Gasteiger partial charge on any atom is -0.359 e. The Morgan fingerprint density at radius 2 is 2.18 bits per heavy atom. The molecule has 1 saturated heterocycles. The van der Waals surface area contributed by atoms with Gasteiger partial charge in [0.2, 0.25) is 5.91 Å². The first kappa shape index (κ1) is 15.5. The van der Waals surface area contributed by atoms with Gasteiger partial charge in [-0.05, 0) is 13.3 Å². The number of alkyl halides is 1. The van der Waals surface area contributed by atoms with E-state index in [0.717, 1.165) is 0 Å². The van der Waals surface area contributed by atoms with Crippen LogP contribution in [0.25, 0.3) is 0 Å². The lowest BCUT2D eigenvalue weighted by molar-refractivity contribution is -0.120. The molecule has 0 aromatic heterocycles. The molecule has 0 spiro atoms. The van der Waals surface area contributed by atoms with E-state index >= 15 is 0 Å². The van der Waals surface area contributed by atoms with E-state index in [2.05, 4.69) is 49.3 Å². The first-order valence-corrected chi connectivity index (χ1v) is 9.70. The molecular weight excluding hydrogens is 348 g/mol. The standard InChI is InChI=1S/C8H15BrN2O3S3/c1-4(10-6(12)3-9)2-5-7(14-5)8(13)11-17(15)16/h4-5,7,15-17H,2-3H2,1H3,(H,10,12)(H,11,13). The number of hydrogen-bond acceptors (Lipinski definition) is 5. The quantitative estimate of drug-likeness (QED) is 0.210. The van der Waals surface area contributed by atoms with Crippen molar-refractivity contribution in [3.8, 4) is 0 Å². The Kier molecular flexibility index (Phi) is 6.49. The predicted octanol–water partition coefficient (Wildman–Crippen LogP) is 0.765. The highest BCUT2D eigenvalue weighted by Gasteiger charge is 2.45. The predicted molar refractivity (Wildman–Crippen MR) is 79.8 cm³/mol. The monoisotopic (exact) mass is 362 g/mol. The van der Waals surface area contributed by atoms with Crippen LogP contribution in [0.1, 0.15) is 13.3 Å². The van der Waals surface area contributed by atoms with Gasteiger partial charge in [-0.15, -0.1) is 23.3 Å². The number of halogens is 1. The van der Waals surface area contributed by atoms with Crippen molar-refractivity contribution < 1.29 is 14.3 Å². The maximum atomic E-state index is 11.5. The maximum absolute atomic E-state index is 11.5. The zero-order chi connectivity index (χ0) is 13.0. The number of carbonyl (C=O) groups is 2. The second-order valence-corrected chi connectivity index (χ2v) is 8.41. The van der Waals surface area contributed by atoms with Crippen LogP contribution >= 0.6 is 48.4 Å². The first-order valence-electron chi connectivity index (χ1n) is 4.93. The Morgan fingerprint density at radius 3 is 2.71 bits per heavy atom. The van der Waals surface area contributed by atoms with Gasteiger partial charge in [-0.1, -0.05) is 25.1 Å². The van der Waals surface area contributed by atoms with E-state index in [0.29, 0.717) is 6.42 Å². The summed E-state index contributed by atoms with van der Waals surface area (Å²) in [5.74, 6) is -0.265. The summed E-state index contributed by atoms with van der Waals surface area (Å²) in [5.41, 5.74) is 0. The molecule has 0 aromatic rings. The smallest absolute Gasteiger partial charge is 0.261 e. The fraction of sp³-hybridized carbons (Fsp3) is 0.750. The SMILES string of the molecule is CC(CC1OC1C(=O)N[SH](S)S)NC(=O)CBr. The topological polar surface area (TPSA) is 70.7 Å². The van der Waals surface area contributed by atoms with Crippen molar-refractivity contribution in [2.45, 2.75) is 31.6 Å². The first-order chi connectivity index (χ1) is 7.93. The minimum absolute atomic E-state index is 0.0173. The minimum atomic E-state index is -1.05. The van der Waals surface area contributed by atoms with E-state index in [1.165, 1.54) is 0 Å². The largest absolute Gasteiger partial charge is 0.359 e. The molecule has 2 N–H and O–H groups in total. The molecular formula is C8H15BrN2O3S3. The molecule has 0 bridgehead atoms. The average molecular weight is 363 g/mol. The molecule has 1 aliphatic heterocycles. The van der Waals surface area contributed by atoms with Crippen LogP contribution in [0.4, 0.5) is 0 Å². The Labute approximate surface area is 121 Å². The number of thiol groups is 3. The van der Waals surface area contributed by atoms with E-state index in [-0.39, 0.29) is 29.3 Å². The molecule has 3 atom stereocenters. The summed E-state index contributed by atoms with van der Waals surface area (Å²) in [7, 11) is -1.05. The van der Waals surface area contributed by atoms with Crippen molar-refractivity contribution in [2.24, 2.45) is 0 Å². The van der Waals surface area contributed by atoms with Gasteiger partial charge in [-0.3, -0.25) is 9.59 Å². The highest BCUT2D eigenvalue weighted by Crippen LogP contribution is 2.33. The van der Waals surface area contributed by atoms with Crippen LogP contribution < -0.4 is 10.0 Å². The van der Waals surface area contributed by atoms with Crippen LogP contribution in [-0.2, 0) is 14.3 Å². The van der Waals surface area contributed by atoms with Gasteiger partial charge >= 0.3 is 0 Å². The second kappa shape index (κ2) is 7.13. The highest BCUT2D eigenvalue weighted by molar-refractivity contribution is 9.09. The van der Waals surface area contributed by atoms with Crippen molar-refractivity contribution in [3.05, 3.63) is 0 Å². The zero-order valence-electron chi connectivity index (χ0n) is 9.09. The van der Waals surface area contributed by atoms with Crippen LogP contribution in [0, 0.1) is 0 Å². The van der Waals surface area contributed by atoms with Crippen LogP contribution in [0.3, 0.4) is 0 Å². The summed E-state index contributed by atoms with van der Waals surface area (Å²) in [5, 5.41) is 3.05. The Hall–Kier alpha value is 0.430. The summed E-state index contributed by atoms with van der Waals surface area (Å²) < 4.78 is 7.83. The van der Waals surface area contributed by atoms with Crippen LogP contribution in [-0.4, -0.2) is 35.4 Å². The fourth-order valence-corrected chi connectivity index (χ4v) is 2.51. The molecule has 17 heavy (non-hydrogen) atoms. The molecule has 0 radical (unpaired) electrons. The van der Waals surface area contributed by atoms with Gasteiger partial charge in [0, 0.05) is 6.04 Å². The number of carbonyl (C=O) groups excluding carboxylic acids is 2. The molecule has 0 aromatic carbocycles. The van der Waals surface area contributed by atoms with Gasteiger partial charge in [0.15, 0.2) is 6.10 Å². The third-order valence-corrected chi connectivity index (χ3v) is 3.70. The Morgan fingerprint density at radius 1 is 1.53 bits per heavy atom. The normalized spacial score (nSPS) is 24.8. The van der Waals surface area contributed by atoms with Gasteiger partial charge in [0.05, 0.1) is 11.4 Å². The summed E-state index contributed by atoms with van der Waals surface area (Å²) in [4.78, 5) is 22.6. The number of amides is 2. The molecule has 1 rings (SSSR count). The van der Waals surface area contributed by atoms with Crippen molar-refractivity contribution in [3.63, 3.8) is 0 Å². The average Bonchev–Trinajstić information content (AvgIpc) is 2.95. The van der Waals surface area contributed by atoms with Crippen molar-refractivity contribution >= 4 is 60.2 Å². The van der Waals surface area contributed by atoms with Crippen molar-refractivity contribution in [2.75, 3.05) is 5.33 Å². The van der Waals surface area contributed by atoms with E-state index in [1.807, 2.05) is 6.92 Å². The van der Waals surface area contributed by atoms with Crippen LogP contribution in [0.2, 0.25) is 0 Å². The summed E-state index contributed by atoms with van der Waals surface area (Å²) in [6.07, 6.45) is 0.0633. The molecule has 0 aliphatic carbocycles. The van der Waals surface area contributed by atoms with Gasteiger partial charge in [0.25, 0.3) is 5.91 Å². The summed E-state index contributed by atoms with van der Waals surface area (Å²) in [6, 6.07) is -0.0173. The highest BCUT2D eigenvalue weighted by atomic mass is 79.9. The second-order valence-electron chi connectivity index (χ2n) is 3.70. The zero-order valence-corrected chi connectivity index (χ0v) is 13.4. The number of hydrogen-bond donors (Lipinski definition) is 5. The molecule has 1 fully saturated rings. The van der Waals surface area contributed by atoms with E-state index in [4.69, 9.17) is 4.74 Å². The van der Waals surface area contributed by atoms with E-state index in [9.17, 15) is 9.59 Å². The molecule has 9 heteroatoms. The number of nitrogens with one attached hydrogen (secondary N) is 2. The van der Waals surface area contributed by atoms with Crippen LogP contribution in [0.15, 0.2) is 0 Å².